The summed E-state index contributed by atoms with van der Waals surface area (Å²) in [4.78, 5) is 13.6. The minimum atomic E-state index is 0.508. The lowest BCUT2D eigenvalue weighted by atomic mass is 10.1. The maximum Gasteiger partial charge on any atom is 0.246 e. The minimum absolute atomic E-state index is 0.508. The molecule has 5 rings (SSSR count). The van der Waals surface area contributed by atoms with Crippen molar-refractivity contribution in [1.82, 2.24) is 15.0 Å². The fourth-order valence-electron chi connectivity index (χ4n) is 3.45. The largest absolute Gasteiger partial charge is 0.434 e. The van der Waals surface area contributed by atoms with Crippen LogP contribution in [-0.4, -0.2) is 15.0 Å². The van der Waals surface area contributed by atoms with Crippen molar-refractivity contribution in [3.63, 3.8) is 0 Å². The number of nitrogens with zero attached hydrogens (tertiary/aromatic N) is 3. The highest BCUT2D eigenvalue weighted by molar-refractivity contribution is 6.31. The molecule has 5 aromatic rings. The lowest BCUT2D eigenvalue weighted by Gasteiger charge is -2.03. The molecule has 0 aliphatic heterocycles. The molecule has 0 bridgehead atoms. The summed E-state index contributed by atoms with van der Waals surface area (Å²) in [5.41, 5.74) is 4.29. The summed E-state index contributed by atoms with van der Waals surface area (Å²) in [6.07, 6.45) is 5.16. The SMILES string of the molecule is Clc1cc(CCc2ccccn2)c2oc(-c3nccc4ccccc34)nc2c1. The van der Waals surface area contributed by atoms with E-state index in [1.54, 1.807) is 6.20 Å². The first-order chi connectivity index (χ1) is 13.8. The molecule has 2 aromatic carbocycles. The molecule has 136 valence electrons. The molecule has 0 spiro atoms. The summed E-state index contributed by atoms with van der Waals surface area (Å²) in [5.74, 6) is 0.508. The second kappa shape index (κ2) is 7.06. The van der Waals surface area contributed by atoms with Crippen LogP contribution in [-0.2, 0) is 12.8 Å². The second-order valence-corrected chi connectivity index (χ2v) is 7.07. The van der Waals surface area contributed by atoms with Gasteiger partial charge < -0.3 is 4.42 Å². The summed E-state index contributed by atoms with van der Waals surface area (Å²) < 4.78 is 6.18. The minimum Gasteiger partial charge on any atom is -0.434 e. The van der Waals surface area contributed by atoms with Gasteiger partial charge in [-0.1, -0.05) is 41.9 Å². The highest BCUT2D eigenvalue weighted by Crippen LogP contribution is 2.32. The summed E-state index contributed by atoms with van der Waals surface area (Å²) in [7, 11) is 0. The number of pyridine rings is 2. The van der Waals surface area contributed by atoms with E-state index in [-0.39, 0.29) is 0 Å². The van der Waals surface area contributed by atoms with Gasteiger partial charge in [0.2, 0.25) is 5.89 Å². The van der Waals surface area contributed by atoms with Gasteiger partial charge in [0.1, 0.15) is 11.2 Å². The van der Waals surface area contributed by atoms with Crippen molar-refractivity contribution in [2.45, 2.75) is 12.8 Å². The Labute approximate surface area is 166 Å². The summed E-state index contributed by atoms with van der Waals surface area (Å²) in [6, 6.07) is 19.8. The van der Waals surface area contributed by atoms with Crippen LogP contribution in [0.4, 0.5) is 0 Å². The maximum atomic E-state index is 6.34. The number of rotatable bonds is 4. The van der Waals surface area contributed by atoms with Gasteiger partial charge in [0.05, 0.1) is 0 Å². The molecule has 5 heteroatoms. The standard InChI is InChI=1S/C23H16ClN3O/c24-17-13-16(8-9-18-6-3-4-11-25-18)22-20(14-17)27-23(28-22)21-19-7-2-1-5-15(19)10-12-26-21/h1-7,10-14H,8-9H2. The zero-order chi connectivity index (χ0) is 18.9. The van der Waals surface area contributed by atoms with Gasteiger partial charge in [0, 0.05) is 28.5 Å². The molecule has 3 aromatic heterocycles. The summed E-state index contributed by atoms with van der Waals surface area (Å²) >= 11 is 6.34. The van der Waals surface area contributed by atoms with Gasteiger partial charge in [-0.05, 0) is 54.1 Å². The predicted octanol–water partition coefficient (Wildman–Crippen LogP) is 5.88. The van der Waals surface area contributed by atoms with Crippen molar-refractivity contribution < 1.29 is 4.42 Å². The van der Waals surface area contributed by atoms with Crippen LogP contribution >= 0.6 is 11.6 Å². The van der Waals surface area contributed by atoms with Gasteiger partial charge in [-0.2, -0.15) is 0 Å². The van der Waals surface area contributed by atoms with Crippen molar-refractivity contribution in [3.8, 4) is 11.6 Å². The monoisotopic (exact) mass is 385 g/mol. The summed E-state index contributed by atoms with van der Waals surface area (Å²) in [5, 5.41) is 2.76. The van der Waals surface area contributed by atoms with Gasteiger partial charge in [-0.15, -0.1) is 0 Å². The fraction of sp³-hybridized carbons (Fsp3) is 0.0870. The van der Waals surface area contributed by atoms with E-state index in [1.165, 1.54) is 0 Å². The normalized spacial score (nSPS) is 11.3. The lowest BCUT2D eigenvalue weighted by molar-refractivity contribution is 0.612. The number of aromatic nitrogens is 3. The van der Waals surface area contributed by atoms with Crippen LogP contribution in [0, 0.1) is 0 Å². The highest BCUT2D eigenvalue weighted by atomic mass is 35.5. The van der Waals surface area contributed by atoms with E-state index >= 15 is 0 Å². The number of oxazole rings is 1. The van der Waals surface area contributed by atoms with Crippen molar-refractivity contribution in [2.75, 3.05) is 0 Å². The molecular formula is C23H16ClN3O. The third-order valence-corrected chi connectivity index (χ3v) is 5.00. The molecule has 0 fully saturated rings. The lowest BCUT2D eigenvalue weighted by Crippen LogP contribution is -1.94. The summed E-state index contributed by atoms with van der Waals surface area (Å²) in [6.45, 7) is 0. The van der Waals surface area contributed by atoms with Gasteiger partial charge in [0.15, 0.2) is 5.58 Å². The van der Waals surface area contributed by atoms with E-state index in [4.69, 9.17) is 16.0 Å². The maximum absolute atomic E-state index is 6.34. The zero-order valence-corrected chi connectivity index (χ0v) is 15.7. The Morgan fingerprint density at radius 2 is 1.75 bits per heavy atom. The Morgan fingerprint density at radius 1 is 0.857 bits per heavy atom. The Morgan fingerprint density at radius 3 is 2.64 bits per heavy atom. The quantitative estimate of drug-likeness (QED) is 0.388. The van der Waals surface area contributed by atoms with Crippen molar-refractivity contribution >= 4 is 33.5 Å². The van der Waals surface area contributed by atoms with Crippen molar-refractivity contribution in [3.05, 3.63) is 89.3 Å². The van der Waals surface area contributed by atoms with Crippen molar-refractivity contribution in [1.29, 1.82) is 0 Å². The number of aryl methyl sites for hydroxylation is 2. The molecule has 0 aliphatic rings. The first-order valence-electron chi connectivity index (χ1n) is 9.11. The van der Waals surface area contributed by atoms with Crippen LogP contribution < -0.4 is 0 Å². The Hall–Kier alpha value is -3.24. The molecule has 0 radical (unpaired) electrons. The van der Waals surface area contributed by atoms with E-state index in [0.717, 1.165) is 51.7 Å². The molecule has 28 heavy (non-hydrogen) atoms. The first-order valence-corrected chi connectivity index (χ1v) is 9.49. The smallest absolute Gasteiger partial charge is 0.246 e. The molecule has 0 aliphatic carbocycles. The van der Waals surface area contributed by atoms with E-state index < -0.39 is 0 Å². The molecule has 0 N–H and O–H groups in total. The van der Waals surface area contributed by atoms with Crippen LogP contribution in [0.3, 0.4) is 0 Å². The number of hydrogen-bond donors (Lipinski definition) is 0. The Balaban J connectivity index is 1.59. The van der Waals surface area contributed by atoms with Crippen LogP contribution in [0.25, 0.3) is 33.5 Å². The predicted molar refractivity (Wildman–Crippen MR) is 111 cm³/mol. The van der Waals surface area contributed by atoms with Gasteiger partial charge >= 0.3 is 0 Å². The van der Waals surface area contributed by atoms with Crippen LogP contribution in [0.1, 0.15) is 11.3 Å². The molecule has 0 atom stereocenters. The van der Waals surface area contributed by atoms with E-state index in [9.17, 15) is 0 Å². The van der Waals surface area contributed by atoms with Crippen molar-refractivity contribution in [2.24, 2.45) is 0 Å². The average Bonchev–Trinajstić information content (AvgIpc) is 3.16. The number of fused-ring (bicyclic) bond motifs is 2. The molecule has 0 unspecified atom stereocenters. The zero-order valence-electron chi connectivity index (χ0n) is 15.0. The number of hydrogen-bond acceptors (Lipinski definition) is 4. The topological polar surface area (TPSA) is 51.8 Å². The molecule has 0 amide bonds. The fourth-order valence-corrected chi connectivity index (χ4v) is 3.68. The molecule has 3 heterocycles. The highest BCUT2D eigenvalue weighted by Gasteiger charge is 2.16. The number of benzene rings is 2. The van der Waals surface area contributed by atoms with Gasteiger partial charge in [-0.3, -0.25) is 9.97 Å². The molecular weight excluding hydrogens is 370 g/mol. The van der Waals surface area contributed by atoms with Crippen LogP contribution in [0.5, 0.6) is 0 Å². The van der Waals surface area contributed by atoms with E-state index in [1.807, 2.05) is 60.8 Å². The average molecular weight is 386 g/mol. The van der Waals surface area contributed by atoms with Crippen LogP contribution in [0.2, 0.25) is 5.02 Å². The van der Waals surface area contributed by atoms with E-state index in [2.05, 4.69) is 21.0 Å². The number of halogens is 1. The van der Waals surface area contributed by atoms with Gasteiger partial charge in [0.25, 0.3) is 0 Å². The Bertz CT molecular complexity index is 1280. The molecule has 0 saturated heterocycles. The third-order valence-electron chi connectivity index (χ3n) is 4.78. The Kier molecular flexibility index (Phi) is 4.26. The van der Waals surface area contributed by atoms with Crippen LogP contribution in [0.15, 0.2) is 77.5 Å². The van der Waals surface area contributed by atoms with E-state index in [0.29, 0.717) is 10.9 Å². The molecule has 0 saturated carbocycles. The first kappa shape index (κ1) is 16.9. The molecule has 4 nitrogen and oxygen atoms in total. The second-order valence-electron chi connectivity index (χ2n) is 6.63. The van der Waals surface area contributed by atoms with Gasteiger partial charge in [-0.25, -0.2) is 4.98 Å². The third kappa shape index (κ3) is 3.12.